The molecule has 0 radical (unpaired) electrons. The van der Waals surface area contributed by atoms with E-state index in [1.165, 1.54) is 6.07 Å². The van der Waals surface area contributed by atoms with Crippen molar-refractivity contribution in [2.45, 2.75) is 39.0 Å². The van der Waals surface area contributed by atoms with Gasteiger partial charge in [0.15, 0.2) is 11.6 Å². The average molecular weight is 292 g/mol. The van der Waals surface area contributed by atoms with Gasteiger partial charge in [0.2, 0.25) is 5.82 Å². The van der Waals surface area contributed by atoms with Crippen molar-refractivity contribution < 1.29 is 13.5 Å². The lowest BCUT2D eigenvalue weighted by Crippen LogP contribution is -2.06. The molecular weight excluding hydrogens is 270 g/mol. The highest BCUT2D eigenvalue weighted by Gasteiger charge is 2.20. The first kappa shape index (κ1) is 15.7. The summed E-state index contributed by atoms with van der Waals surface area (Å²) in [4.78, 5) is 0. The monoisotopic (exact) mass is 292 g/mol. The van der Waals surface area contributed by atoms with Gasteiger partial charge in [0, 0.05) is 5.56 Å². The van der Waals surface area contributed by atoms with Crippen molar-refractivity contribution in [1.29, 1.82) is 0 Å². The van der Waals surface area contributed by atoms with Crippen molar-refractivity contribution in [1.82, 2.24) is 0 Å². The summed E-state index contributed by atoms with van der Waals surface area (Å²) in [5, 5.41) is 0. The SMILES string of the molecule is C=CC1CC=C(c2ccc(OCCCC)c(F)c2F)CC1. The van der Waals surface area contributed by atoms with Gasteiger partial charge >= 0.3 is 0 Å². The van der Waals surface area contributed by atoms with Gasteiger partial charge in [0.05, 0.1) is 6.61 Å². The lowest BCUT2D eigenvalue weighted by Gasteiger charge is -2.20. The molecule has 1 aliphatic rings. The molecule has 0 spiro atoms. The van der Waals surface area contributed by atoms with Crippen LogP contribution in [0.4, 0.5) is 8.78 Å². The van der Waals surface area contributed by atoms with Crippen LogP contribution in [0.15, 0.2) is 30.9 Å². The third-order valence-corrected chi connectivity index (χ3v) is 3.93. The molecule has 3 heteroatoms. The van der Waals surface area contributed by atoms with E-state index in [0.29, 0.717) is 18.1 Å². The molecule has 1 aromatic rings. The molecule has 0 aliphatic heterocycles. The number of rotatable bonds is 6. The molecule has 1 aliphatic carbocycles. The smallest absolute Gasteiger partial charge is 0.201 e. The Morgan fingerprint density at radius 1 is 1.33 bits per heavy atom. The van der Waals surface area contributed by atoms with Crippen LogP contribution in [-0.2, 0) is 0 Å². The largest absolute Gasteiger partial charge is 0.490 e. The minimum Gasteiger partial charge on any atom is -0.490 e. The molecule has 0 amide bonds. The minimum atomic E-state index is -0.879. The van der Waals surface area contributed by atoms with Crippen LogP contribution in [0.2, 0.25) is 0 Å². The number of ether oxygens (including phenoxy) is 1. The quantitative estimate of drug-likeness (QED) is 0.496. The second-order valence-electron chi connectivity index (χ2n) is 5.44. The highest BCUT2D eigenvalue weighted by Crippen LogP contribution is 2.34. The minimum absolute atomic E-state index is 0.00470. The number of halogens is 2. The molecule has 2 rings (SSSR count). The average Bonchev–Trinajstić information content (AvgIpc) is 2.52. The summed E-state index contributed by atoms with van der Waals surface area (Å²) in [5.74, 6) is -1.23. The molecular formula is C18H22F2O. The summed E-state index contributed by atoms with van der Waals surface area (Å²) in [7, 11) is 0. The predicted molar refractivity (Wildman–Crippen MR) is 82.3 cm³/mol. The summed E-state index contributed by atoms with van der Waals surface area (Å²) in [6.07, 6.45) is 8.24. The van der Waals surface area contributed by atoms with E-state index in [4.69, 9.17) is 4.74 Å². The molecule has 0 saturated carbocycles. The van der Waals surface area contributed by atoms with Gasteiger partial charge in [-0.2, -0.15) is 4.39 Å². The number of hydrogen-bond donors (Lipinski definition) is 0. The highest BCUT2D eigenvalue weighted by molar-refractivity contribution is 5.67. The highest BCUT2D eigenvalue weighted by atomic mass is 19.2. The van der Waals surface area contributed by atoms with Gasteiger partial charge in [0.1, 0.15) is 0 Å². The maximum Gasteiger partial charge on any atom is 0.201 e. The van der Waals surface area contributed by atoms with Crippen LogP contribution in [0, 0.1) is 17.6 Å². The first-order chi connectivity index (χ1) is 10.2. The second-order valence-corrected chi connectivity index (χ2v) is 5.44. The van der Waals surface area contributed by atoms with Crippen molar-refractivity contribution in [3.8, 4) is 5.75 Å². The van der Waals surface area contributed by atoms with Crippen LogP contribution in [0.3, 0.4) is 0 Å². The van der Waals surface area contributed by atoms with E-state index in [1.807, 2.05) is 19.1 Å². The molecule has 0 heterocycles. The Kier molecular flexibility index (Phi) is 5.54. The molecule has 1 nitrogen and oxygen atoms in total. The van der Waals surface area contributed by atoms with Crippen LogP contribution in [0.5, 0.6) is 5.75 Å². The molecule has 0 saturated heterocycles. The number of benzene rings is 1. The summed E-state index contributed by atoms with van der Waals surface area (Å²) in [6.45, 7) is 6.22. The molecule has 0 bridgehead atoms. The number of allylic oxidation sites excluding steroid dienone is 3. The van der Waals surface area contributed by atoms with Crippen LogP contribution in [0.25, 0.3) is 5.57 Å². The summed E-state index contributed by atoms with van der Waals surface area (Å²) >= 11 is 0. The summed E-state index contributed by atoms with van der Waals surface area (Å²) in [6, 6.07) is 3.16. The van der Waals surface area contributed by atoms with Crippen molar-refractivity contribution in [2.75, 3.05) is 6.61 Å². The lowest BCUT2D eigenvalue weighted by molar-refractivity contribution is 0.288. The Hall–Kier alpha value is -1.64. The van der Waals surface area contributed by atoms with Crippen LogP contribution in [0.1, 0.15) is 44.6 Å². The molecule has 0 N–H and O–H groups in total. The number of hydrogen-bond acceptors (Lipinski definition) is 1. The normalized spacial score (nSPS) is 18.2. The first-order valence-corrected chi connectivity index (χ1v) is 7.60. The zero-order chi connectivity index (χ0) is 15.2. The van der Waals surface area contributed by atoms with Gasteiger partial charge in [-0.15, -0.1) is 6.58 Å². The fraction of sp³-hybridized carbons (Fsp3) is 0.444. The third-order valence-electron chi connectivity index (χ3n) is 3.93. The molecule has 1 aromatic carbocycles. The van der Waals surface area contributed by atoms with Gasteiger partial charge in [0.25, 0.3) is 0 Å². The van der Waals surface area contributed by atoms with Crippen LogP contribution < -0.4 is 4.74 Å². The van der Waals surface area contributed by atoms with Gasteiger partial charge < -0.3 is 4.74 Å². The van der Waals surface area contributed by atoms with Crippen molar-refractivity contribution in [3.05, 3.63) is 48.1 Å². The summed E-state index contributed by atoms with van der Waals surface area (Å²) in [5.41, 5.74) is 1.24. The van der Waals surface area contributed by atoms with Crippen molar-refractivity contribution in [2.24, 2.45) is 5.92 Å². The van der Waals surface area contributed by atoms with Gasteiger partial charge in [-0.1, -0.05) is 25.5 Å². The van der Waals surface area contributed by atoms with E-state index >= 15 is 0 Å². The van der Waals surface area contributed by atoms with E-state index in [1.54, 1.807) is 6.07 Å². The van der Waals surface area contributed by atoms with E-state index < -0.39 is 11.6 Å². The van der Waals surface area contributed by atoms with Crippen LogP contribution >= 0.6 is 0 Å². The van der Waals surface area contributed by atoms with Crippen molar-refractivity contribution >= 4 is 5.57 Å². The lowest BCUT2D eigenvalue weighted by atomic mass is 9.86. The summed E-state index contributed by atoms with van der Waals surface area (Å²) < 4.78 is 33.5. The van der Waals surface area contributed by atoms with Crippen molar-refractivity contribution in [3.63, 3.8) is 0 Å². The fourth-order valence-electron chi connectivity index (χ4n) is 2.53. The zero-order valence-electron chi connectivity index (χ0n) is 12.5. The standard InChI is InChI=1S/C18H22F2O/c1-3-5-12-21-16-11-10-15(17(19)18(16)20)14-8-6-13(4-2)7-9-14/h4,8,10-11,13H,2-3,5-7,9,12H2,1H3. The fourth-order valence-corrected chi connectivity index (χ4v) is 2.53. The Bertz CT molecular complexity index is 534. The Morgan fingerprint density at radius 2 is 2.14 bits per heavy atom. The van der Waals surface area contributed by atoms with E-state index in [0.717, 1.165) is 37.7 Å². The van der Waals surface area contributed by atoms with Crippen LogP contribution in [-0.4, -0.2) is 6.61 Å². The maximum absolute atomic E-state index is 14.2. The van der Waals surface area contributed by atoms with E-state index in [2.05, 4.69) is 6.58 Å². The predicted octanol–water partition coefficient (Wildman–Crippen LogP) is 5.51. The topological polar surface area (TPSA) is 9.23 Å². The second kappa shape index (κ2) is 7.39. The Morgan fingerprint density at radius 3 is 2.76 bits per heavy atom. The van der Waals surface area contributed by atoms with Gasteiger partial charge in [-0.25, -0.2) is 4.39 Å². The molecule has 114 valence electrons. The first-order valence-electron chi connectivity index (χ1n) is 7.60. The maximum atomic E-state index is 14.2. The molecule has 1 atom stereocenters. The third kappa shape index (κ3) is 3.72. The van der Waals surface area contributed by atoms with Gasteiger partial charge in [-0.3, -0.25) is 0 Å². The molecule has 21 heavy (non-hydrogen) atoms. The Balaban J connectivity index is 2.17. The molecule has 0 fully saturated rings. The zero-order valence-corrected chi connectivity index (χ0v) is 12.5. The van der Waals surface area contributed by atoms with E-state index in [9.17, 15) is 8.78 Å². The molecule has 1 unspecified atom stereocenters. The van der Waals surface area contributed by atoms with E-state index in [-0.39, 0.29) is 5.75 Å². The number of unbranched alkanes of at least 4 members (excludes halogenated alkanes) is 1. The van der Waals surface area contributed by atoms with Gasteiger partial charge in [-0.05, 0) is 49.3 Å². The molecule has 0 aromatic heterocycles. The Labute approximate surface area is 125 Å².